The number of carboxylic acids is 1. The molecule has 1 fully saturated rings. The van der Waals surface area contributed by atoms with E-state index in [9.17, 15) is 9.59 Å². The van der Waals surface area contributed by atoms with Crippen LogP contribution in [0.4, 0.5) is 0 Å². The summed E-state index contributed by atoms with van der Waals surface area (Å²) in [6, 6.07) is -0.212. The quantitative estimate of drug-likeness (QED) is 0.800. The first-order valence-corrected chi connectivity index (χ1v) is 5.94. The molecule has 1 aliphatic rings. The predicted octanol–water partition coefficient (Wildman–Crippen LogP) is 0.617. The fourth-order valence-corrected chi connectivity index (χ4v) is 1.67. The fraction of sp³-hybridized carbons (Fsp3) is 0.636. The summed E-state index contributed by atoms with van der Waals surface area (Å²) in [4.78, 5) is 28.2. The van der Waals surface area contributed by atoms with Gasteiger partial charge in [-0.3, -0.25) is 14.7 Å². The Morgan fingerprint density at radius 1 is 1.50 bits per heavy atom. The summed E-state index contributed by atoms with van der Waals surface area (Å²) in [6.45, 7) is 3.17. The lowest BCUT2D eigenvalue weighted by Crippen LogP contribution is -2.41. The van der Waals surface area contributed by atoms with E-state index in [-0.39, 0.29) is 18.4 Å². The first-order valence-electron chi connectivity index (χ1n) is 5.94. The van der Waals surface area contributed by atoms with Crippen molar-refractivity contribution in [2.45, 2.75) is 38.6 Å². The molecule has 1 aliphatic carbocycles. The highest BCUT2D eigenvalue weighted by Crippen LogP contribution is 2.37. The summed E-state index contributed by atoms with van der Waals surface area (Å²) >= 11 is 0. The largest absolute Gasteiger partial charge is 0.480 e. The molecule has 1 aromatic heterocycles. The van der Waals surface area contributed by atoms with Crippen molar-refractivity contribution in [1.29, 1.82) is 0 Å². The normalized spacial score (nSPS) is 14.8. The van der Waals surface area contributed by atoms with Crippen LogP contribution in [-0.4, -0.2) is 49.7 Å². The number of hydrogen-bond donors (Lipinski definition) is 2. The van der Waals surface area contributed by atoms with E-state index < -0.39 is 11.9 Å². The molecule has 2 rings (SSSR count). The minimum Gasteiger partial charge on any atom is -0.480 e. The lowest BCUT2D eigenvalue weighted by atomic mass is 10.3. The smallest absolute Gasteiger partial charge is 0.323 e. The van der Waals surface area contributed by atoms with Crippen LogP contribution in [0.25, 0.3) is 0 Å². The molecule has 0 saturated heterocycles. The Balaban J connectivity index is 2.13. The van der Waals surface area contributed by atoms with Crippen molar-refractivity contribution < 1.29 is 14.7 Å². The van der Waals surface area contributed by atoms with Crippen LogP contribution in [0.15, 0.2) is 0 Å². The van der Waals surface area contributed by atoms with Crippen molar-refractivity contribution in [1.82, 2.24) is 20.1 Å². The van der Waals surface area contributed by atoms with Crippen LogP contribution in [-0.2, 0) is 4.79 Å². The van der Waals surface area contributed by atoms with Gasteiger partial charge in [-0.1, -0.05) is 0 Å². The number of carboxylic acid groups (broad SMARTS) is 1. The zero-order valence-electron chi connectivity index (χ0n) is 10.4. The highest BCUT2D eigenvalue weighted by Gasteiger charge is 2.30. The van der Waals surface area contributed by atoms with Gasteiger partial charge in [0.1, 0.15) is 12.4 Å². The number of carbonyl (C=O) groups excluding carboxylic acids is 1. The van der Waals surface area contributed by atoms with Gasteiger partial charge in [-0.15, -0.1) is 5.10 Å². The van der Waals surface area contributed by atoms with E-state index in [1.807, 2.05) is 0 Å². The third-order valence-corrected chi connectivity index (χ3v) is 2.85. The van der Waals surface area contributed by atoms with E-state index in [1.165, 1.54) is 4.90 Å². The Bertz CT molecular complexity index is 465. The molecule has 0 bridgehead atoms. The molecule has 0 aromatic carbocycles. The summed E-state index contributed by atoms with van der Waals surface area (Å²) in [5.74, 6) is -0.346. The number of carbonyl (C=O) groups is 2. The number of H-pyrrole nitrogens is 1. The highest BCUT2D eigenvalue weighted by molar-refractivity contribution is 5.92. The van der Waals surface area contributed by atoms with Crippen LogP contribution in [0.3, 0.4) is 0 Å². The minimum absolute atomic E-state index is 0.0480. The molecule has 1 amide bonds. The number of nitrogens with zero attached hydrogens (tertiary/aromatic N) is 3. The maximum absolute atomic E-state index is 12.1. The molecule has 98 valence electrons. The van der Waals surface area contributed by atoms with Gasteiger partial charge in [0, 0.05) is 12.0 Å². The molecular formula is C11H16N4O3. The molecule has 7 heteroatoms. The number of aromatic amines is 1. The molecule has 1 heterocycles. The lowest BCUT2D eigenvalue weighted by Gasteiger charge is -2.23. The monoisotopic (exact) mass is 252 g/mol. The van der Waals surface area contributed by atoms with E-state index >= 15 is 0 Å². The van der Waals surface area contributed by atoms with E-state index in [0.29, 0.717) is 5.92 Å². The van der Waals surface area contributed by atoms with Crippen molar-refractivity contribution in [3.05, 3.63) is 11.6 Å². The van der Waals surface area contributed by atoms with E-state index in [1.54, 1.807) is 13.8 Å². The molecule has 18 heavy (non-hydrogen) atoms. The van der Waals surface area contributed by atoms with Crippen molar-refractivity contribution in [3.63, 3.8) is 0 Å². The average Bonchev–Trinajstić information content (AvgIpc) is 3.03. The number of rotatable bonds is 5. The summed E-state index contributed by atoms with van der Waals surface area (Å²) < 4.78 is 0. The van der Waals surface area contributed by atoms with Gasteiger partial charge in [0.2, 0.25) is 5.82 Å². The molecule has 0 unspecified atom stereocenters. The molecule has 0 atom stereocenters. The molecule has 0 aliphatic heterocycles. The fourth-order valence-electron chi connectivity index (χ4n) is 1.67. The van der Waals surface area contributed by atoms with Gasteiger partial charge in [0.25, 0.3) is 5.91 Å². The second-order valence-corrected chi connectivity index (χ2v) is 4.74. The van der Waals surface area contributed by atoms with Crippen LogP contribution >= 0.6 is 0 Å². The summed E-state index contributed by atoms with van der Waals surface area (Å²) in [5.41, 5.74) is 0. The minimum atomic E-state index is -1.05. The second-order valence-electron chi connectivity index (χ2n) is 4.74. The van der Waals surface area contributed by atoms with E-state index in [4.69, 9.17) is 5.11 Å². The van der Waals surface area contributed by atoms with E-state index in [2.05, 4.69) is 15.2 Å². The third-order valence-electron chi connectivity index (χ3n) is 2.85. The van der Waals surface area contributed by atoms with Crippen LogP contribution in [0.1, 0.15) is 49.1 Å². The van der Waals surface area contributed by atoms with Crippen LogP contribution < -0.4 is 0 Å². The van der Waals surface area contributed by atoms with Crippen LogP contribution in [0.5, 0.6) is 0 Å². The predicted molar refractivity (Wildman–Crippen MR) is 62.2 cm³/mol. The van der Waals surface area contributed by atoms with Crippen molar-refractivity contribution >= 4 is 11.9 Å². The Labute approximate surface area is 104 Å². The zero-order chi connectivity index (χ0) is 13.3. The van der Waals surface area contributed by atoms with Crippen LogP contribution in [0, 0.1) is 0 Å². The van der Waals surface area contributed by atoms with Gasteiger partial charge in [0.15, 0.2) is 0 Å². The number of nitrogens with one attached hydrogen (secondary N) is 1. The molecule has 0 radical (unpaired) electrons. The van der Waals surface area contributed by atoms with E-state index in [0.717, 1.165) is 18.7 Å². The number of aliphatic carboxylic acids is 1. The lowest BCUT2D eigenvalue weighted by molar-refractivity contribution is -0.138. The Morgan fingerprint density at radius 2 is 2.17 bits per heavy atom. The summed E-state index contributed by atoms with van der Waals surface area (Å²) in [5, 5.41) is 15.4. The Kier molecular flexibility index (Phi) is 3.31. The molecule has 7 nitrogen and oxygen atoms in total. The maximum atomic E-state index is 12.1. The van der Waals surface area contributed by atoms with Gasteiger partial charge in [0.05, 0.1) is 0 Å². The highest BCUT2D eigenvalue weighted by atomic mass is 16.4. The molecule has 0 spiro atoms. The second kappa shape index (κ2) is 4.75. The number of amides is 1. The Hall–Kier alpha value is -1.92. The van der Waals surface area contributed by atoms with Gasteiger partial charge in [-0.2, -0.15) is 0 Å². The topological polar surface area (TPSA) is 99.2 Å². The SMILES string of the molecule is CC(C)N(CC(=O)O)C(=O)c1n[nH]c(C2CC2)n1. The first-order chi connectivity index (χ1) is 8.49. The van der Waals surface area contributed by atoms with Gasteiger partial charge >= 0.3 is 5.97 Å². The van der Waals surface area contributed by atoms with Crippen molar-refractivity contribution in [3.8, 4) is 0 Å². The number of aromatic nitrogens is 3. The van der Waals surface area contributed by atoms with Gasteiger partial charge in [-0.05, 0) is 26.7 Å². The zero-order valence-corrected chi connectivity index (χ0v) is 10.4. The van der Waals surface area contributed by atoms with Gasteiger partial charge < -0.3 is 10.0 Å². The van der Waals surface area contributed by atoms with Crippen LogP contribution in [0.2, 0.25) is 0 Å². The Morgan fingerprint density at radius 3 is 2.67 bits per heavy atom. The molecular weight excluding hydrogens is 236 g/mol. The molecule has 1 aromatic rings. The third kappa shape index (κ3) is 2.66. The van der Waals surface area contributed by atoms with Gasteiger partial charge in [-0.25, -0.2) is 4.98 Å². The summed E-state index contributed by atoms with van der Waals surface area (Å²) in [6.07, 6.45) is 2.12. The average molecular weight is 252 g/mol. The van der Waals surface area contributed by atoms with Crippen molar-refractivity contribution in [2.24, 2.45) is 0 Å². The standard InChI is InChI=1S/C11H16N4O3/c1-6(2)15(5-8(16)17)11(18)10-12-9(13-14-10)7-3-4-7/h6-7H,3-5H2,1-2H3,(H,16,17)(H,12,13,14). The maximum Gasteiger partial charge on any atom is 0.323 e. The van der Waals surface area contributed by atoms with Crippen molar-refractivity contribution in [2.75, 3.05) is 6.54 Å². The number of hydrogen-bond acceptors (Lipinski definition) is 4. The first kappa shape index (κ1) is 12.5. The summed E-state index contributed by atoms with van der Waals surface area (Å²) in [7, 11) is 0. The molecule has 1 saturated carbocycles. The molecule has 2 N–H and O–H groups in total.